The van der Waals surface area contributed by atoms with Crippen LogP contribution in [0.2, 0.25) is 0 Å². The number of hydrogen-bond acceptors (Lipinski definition) is 7. The zero-order valence-electron chi connectivity index (χ0n) is 21.9. The zero-order valence-corrected chi connectivity index (χ0v) is 21.9. The lowest BCUT2D eigenvalue weighted by molar-refractivity contribution is 0.0107. The van der Waals surface area contributed by atoms with Crippen LogP contribution in [0.25, 0.3) is 11.4 Å². The third kappa shape index (κ3) is 7.69. The normalized spacial score (nSPS) is 18.2. The maximum absolute atomic E-state index is 12.6. The summed E-state index contributed by atoms with van der Waals surface area (Å²) in [5.74, 6) is 1.46. The van der Waals surface area contributed by atoms with Crippen LogP contribution >= 0.6 is 0 Å². The summed E-state index contributed by atoms with van der Waals surface area (Å²) in [6.45, 7) is 10.7. The minimum atomic E-state index is -0.792. The molecule has 2 heterocycles. The monoisotopic (exact) mass is 487 g/mol. The van der Waals surface area contributed by atoms with Gasteiger partial charge >= 0.3 is 6.09 Å². The van der Waals surface area contributed by atoms with Crippen molar-refractivity contribution in [2.75, 3.05) is 13.2 Å². The summed E-state index contributed by atoms with van der Waals surface area (Å²) in [6, 6.07) is 5.07. The van der Waals surface area contributed by atoms with Gasteiger partial charge in [0, 0.05) is 12.1 Å². The van der Waals surface area contributed by atoms with Crippen LogP contribution < -0.4 is 4.74 Å². The van der Waals surface area contributed by atoms with Crippen molar-refractivity contribution >= 4 is 6.09 Å². The highest BCUT2D eigenvalue weighted by molar-refractivity contribution is 5.69. The van der Waals surface area contributed by atoms with Crippen LogP contribution in [0.5, 0.6) is 5.75 Å². The molecule has 35 heavy (non-hydrogen) atoms. The van der Waals surface area contributed by atoms with Gasteiger partial charge in [-0.15, -0.1) is 0 Å². The number of unbranched alkanes of at least 4 members (excludes halogenated alkanes) is 6. The van der Waals surface area contributed by atoms with E-state index in [1.807, 2.05) is 45.9 Å². The molecule has 1 N–H and O–H groups in total. The molecular weight excluding hydrogens is 446 g/mol. The molecule has 0 radical (unpaired) electrons. The van der Waals surface area contributed by atoms with Crippen LogP contribution in [-0.4, -0.2) is 51.1 Å². The Morgan fingerprint density at radius 3 is 2.57 bits per heavy atom. The number of aliphatic hydroxyl groups excluding tert-OH is 1. The minimum absolute atomic E-state index is 0.202. The molecule has 1 aliphatic heterocycles. The van der Waals surface area contributed by atoms with Crippen molar-refractivity contribution in [1.29, 1.82) is 0 Å². The summed E-state index contributed by atoms with van der Waals surface area (Å²) in [5.41, 5.74) is 1.15. The van der Waals surface area contributed by atoms with E-state index in [4.69, 9.17) is 14.0 Å². The highest BCUT2D eigenvalue weighted by atomic mass is 16.6. The molecule has 0 bridgehead atoms. The third-order valence-corrected chi connectivity index (χ3v) is 6.13. The molecule has 0 aliphatic carbocycles. The Hall–Kier alpha value is -2.61. The van der Waals surface area contributed by atoms with Crippen molar-refractivity contribution in [2.24, 2.45) is 0 Å². The van der Waals surface area contributed by atoms with E-state index < -0.39 is 23.8 Å². The summed E-state index contributed by atoms with van der Waals surface area (Å²) in [7, 11) is 0. The quantitative estimate of drug-likeness (QED) is 0.376. The smallest absolute Gasteiger partial charge is 0.411 e. The highest BCUT2D eigenvalue weighted by Crippen LogP contribution is 2.34. The highest BCUT2D eigenvalue weighted by Gasteiger charge is 2.42. The summed E-state index contributed by atoms with van der Waals surface area (Å²) in [4.78, 5) is 18.6. The first-order valence-electron chi connectivity index (χ1n) is 12.9. The molecule has 1 aliphatic rings. The largest absolute Gasteiger partial charge is 0.493 e. The fourth-order valence-electron chi connectivity index (χ4n) is 4.26. The van der Waals surface area contributed by atoms with Crippen molar-refractivity contribution in [3.05, 3.63) is 29.7 Å². The molecule has 1 aromatic heterocycles. The Balaban J connectivity index is 1.59. The number of rotatable bonds is 11. The van der Waals surface area contributed by atoms with E-state index >= 15 is 0 Å². The van der Waals surface area contributed by atoms with Gasteiger partial charge in [-0.3, -0.25) is 4.90 Å². The van der Waals surface area contributed by atoms with Gasteiger partial charge in [-0.05, 0) is 64.3 Å². The van der Waals surface area contributed by atoms with Gasteiger partial charge in [0.15, 0.2) is 0 Å². The Morgan fingerprint density at radius 1 is 1.17 bits per heavy atom. The zero-order chi connectivity index (χ0) is 25.4. The van der Waals surface area contributed by atoms with Crippen LogP contribution in [0.15, 0.2) is 22.7 Å². The second-order valence-corrected chi connectivity index (χ2v) is 10.4. The van der Waals surface area contributed by atoms with Gasteiger partial charge in [0.2, 0.25) is 5.82 Å². The second kappa shape index (κ2) is 12.4. The molecular formula is C27H41N3O5. The number of carbonyl (C=O) groups excluding carboxylic acids is 1. The predicted molar refractivity (Wildman–Crippen MR) is 134 cm³/mol. The molecule has 1 aromatic carbocycles. The molecule has 1 saturated heterocycles. The molecule has 8 heteroatoms. The van der Waals surface area contributed by atoms with Crippen LogP contribution in [0.3, 0.4) is 0 Å². The molecule has 194 valence electrons. The van der Waals surface area contributed by atoms with E-state index in [0.29, 0.717) is 25.4 Å². The average Bonchev–Trinajstić information content (AvgIpc) is 3.42. The molecule has 2 aromatic rings. The number of aryl methyl sites for hydroxylation is 1. The van der Waals surface area contributed by atoms with Crippen molar-refractivity contribution in [3.8, 4) is 17.1 Å². The van der Waals surface area contributed by atoms with E-state index in [9.17, 15) is 9.90 Å². The average molecular weight is 488 g/mol. The van der Waals surface area contributed by atoms with Crippen LogP contribution in [0.4, 0.5) is 4.79 Å². The van der Waals surface area contributed by atoms with Gasteiger partial charge in [-0.1, -0.05) is 50.6 Å². The Bertz CT molecular complexity index is 953. The first-order valence-corrected chi connectivity index (χ1v) is 12.9. The van der Waals surface area contributed by atoms with E-state index in [1.165, 1.54) is 43.4 Å². The summed E-state index contributed by atoms with van der Waals surface area (Å²) >= 11 is 0. The number of nitrogens with zero attached hydrogens (tertiary/aromatic N) is 3. The molecule has 1 fully saturated rings. The van der Waals surface area contributed by atoms with Crippen LogP contribution in [-0.2, 0) is 4.74 Å². The topological polar surface area (TPSA) is 97.9 Å². The van der Waals surface area contributed by atoms with Gasteiger partial charge in [0.05, 0.1) is 12.7 Å². The van der Waals surface area contributed by atoms with E-state index in [1.54, 1.807) is 0 Å². The number of hydrogen-bond donors (Lipinski definition) is 1. The number of likely N-dealkylation sites (tertiary alicyclic amines) is 1. The summed E-state index contributed by atoms with van der Waals surface area (Å²) in [6.07, 6.45) is 7.88. The number of aromatic nitrogens is 2. The number of aliphatic hydroxyl groups is 1. The lowest BCUT2D eigenvalue weighted by atomic mass is 10.1. The van der Waals surface area contributed by atoms with E-state index in [0.717, 1.165) is 23.3 Å². The summed E-state index contributed by atoms with van der Waals surface area (Å²) in [5, 5.41) is 14.6. The molecule has 8 nitrogen and oxygen atoms in total. The first-order chi connectivity index (χ1) is 16.7. The number of carbonyl (C=O) groups is 1. The van der Waals surface area contributed by atoms with Crippen molar-refractivity contribution in [1.82, 2.24) is 15.0 Å². The number of amides is 1. The lowest BCUT2D eigenvalue weighted by Crippen LogP contribution is -2.38. The Morgan fingerprint density at radius 2 is 1.89 bits per heavy atom. The lowest BCUT2D eigenvalue weighted by Gasteiger charge is -2.27. The first kappa shape index (κ1) is 27.0. The SMILES string of the molecule is CCCCCCCCCOc1ccc(-c2noc(C3[C@@H](O)CCN3C(=O)OC(C)(C)C)n2)cc1C. The third-order valence-electron chi connectivity index (χ3n) is 6.13. The van der Waals surface area contributed by atoms with Gasteiger partial charge in [-0.2, -0.15) is 4.98 Å². The molecule has 3 rings (SSSR count). The molecule has 0 saturated carbocycles. The predicted octanol–water partition coefficient (Wildman–Crippen LogP) is 6.22. The standard InChI is InChI=1S/C27H41N3O5/c1-6-7-8-9-10-11-12-17-33-22-14-13-20(18-19(22)2)24-28-25(35-29-24)23-21(31)15-16-30(23)26(32)34-27(3,4)5/h13-14,18,21,23,31H,6-12,15-17H2,1-5H3/t21-,23?/m0/s1. The maximum atomic E-state index is 12.6. The Labute approximate surface area is 209 Å². The van der Waals surface area contributed by atoms with Crippen molar-refractivity contribution in [2.45, 2.75) is 104 Å². The van der Waals surface area contributed by atoms with Gasteiger partial charge < -0.3 is 19.1 Å². The molecule has 1 unspecified atom stereocenters. The second-order valence-electron chi connectivity index (χ2n) is 10.4. The fourth-order valence-corrected chi connectivity index (χ4v) is 4.26. The summed E-state index contributed by atoms with van der Waals surface area (Å²) < 4.78 is 16.9. The number of benzene rings is 1. The van der Waals surface area contributed by atoms with Crippen LogP contribution in [0.1, 0.15) is 96.6 Å². The maximum Gasteiger partial charge on any atom is 0.411 e. The molecule has 2 atom stereocenters. The van der Waals surface area contributed by atoms with E-state index in [-0.39, 0.29) is 5.89 Å². The minimum Gasteiger partial charge on any atom is -0.493 e. The Kier molecular flexibility index (Phi) is 9.55. The van der Waals surface area contributed by atoms with Gasteiger partial charge in [0.25, 0.3) is 5.89 Å². The molecule has 1 amide bonds. The molecule has 0 spiro atoms. The van der Waals surface area contributed by atoms with Gasteiger partial charge in [0.1, 0.15) is 17.4 Å². The van der Waals surface area contributed by atoms with Crippen LogP contribution in [0, 0.1) is 6.92 Å². The fraction of sp³-hybridized carbons (Fsp3) is 0.667. The van der Waals surface area contributed by atoms with Gasteiger partial charge in [-0.25, -0.2) is 4.79 Å². The van der Waals surface area contributed by atoms with E-state index in [2.05, 4.69) is 17.1 Å². The number of ether oxygens (including phenoxy) is 2. The van der Waals surface area contributed by atoms with Crippen molar-refractivity contribution in [3.63, 3.8) is 0 Å². The van der Waals surface area contributed by atoms with Crippen molar-refractivity contribution < 1.29 is 23.9 Å².